The third kappa shape index (κ3) is 14.8. The number of benzene rings is 3. The van der Waals surface area contributed by atoms with Crippen molar-refractivity contribution in [3.05, 3.63) is 108 Å². The first kappa shape index (κ1) is 44.6. The molecule has 0 aliphatic heterocycles. The minimum absolute atomic E-state index is 0.0425. The smallest absolute Gasteiger partial charge is 0.420 e. The summed E-state index contributed by atoms with van der Waals surface area (Å²) in [5.41, 5.74) is -4.57. The Kier molecular flexibility index (Phi) is 17.5. The molecule has 0 unspecified atom stereocenters. The van der Waals surface area contributed by atoms with E-state index < -0.39 is 58.9 Å². The van der Waals surface area contributed by atoms with E-state index in [1.807, 2.05) is 0 Å². The van der Waals surface area contributed by atoms with E-state index in [0.717, 1.165) is 55.7 Å². The van der Waals surface area contributed by atoms with Crippen LogP contribution in [0.15, 0.2) is 86.0 Å². The molecule has 0 bridgehead atoms. The van der Waals surface area contributed by atoms with Crippen LogP contribution in [0.1, 0.15) is 83.2 Å². The molecule has 16 heteroatoms. The number of alkyl halides is 6. The van der Waals surface area contributed by atoms with Crippen LogP contribution in [-0.2, 0) is 31.4 Å². The van der Waals surface area contributed by atoms with E-state index in [9.17, 15) is 45.5 Å². The number of carbonyl (C=O) groups is 4. The number of hydrogen-bond donors (Lipinski definition) is 0. The van der Waals surface area contributed by atoms with E-state index in [1.54, 1.807) is 12.1 Å². The van der Waals surface area contributed by atoms with Gasteiger partial charge in [-0.2, -0.15) is 26.3 Å². The number of carbonyl (C=O) groups excluding carboxylic acids is 4. The Hall–Kier alpha value is -5.80. The summed E-state index contributed by atoms with van der Waals surface area (Å²) < 4.78 is 115. The van der Waals surface area contributed by atoms with Crippen molar-refractivity contribution >= 4 is 23.9 Å². The zero-order valence-electron chi connectivity index (χ0n) is 30.2. The van der Waals surface area contributed by atoms with Gasteiger partial charge >= 0.3 is 36.2 Å². The predicted molar refractivity (Wildman–Crippen MR) is 189 cm³/mol. The van der Waals surface area contributed by atoms with E-state index in [-0.39, 0.29) is 36.5 Å². The molecule has 0 radical (unpaired) electrons. The van der Waals surface area contributed by atoms with Crippen LogP contribution in [0.4, 0.5) is 26.3 Å². The molecule has 0 N–H and O–H groups in total. The largest absolute Gasteiger partial charge is 0.494 e. The highest BCUT2D eigenvalue weighted by Gasteiger charge is 2.48. The molecule has 0 amide bonds. The summed E-state index contributed by atoms with van der Waals surface area (Å²) in [5.74, 6) is -5.25. The molecule has 3 aromatic rings. The quantitative estimate of drug-likeness (QED) is 0.0320. The van der Waals surface area contributed by atoms with Crippen molar-refractivity contribution in [1.29, 1.82) is 0 Å². The van der Waals surface area contributed by atoms with Gasteiger partial charge < -0.3 is 28.4 Å². The standard InChI is InChI=1S/C40H40F6O10/c1-3-33(47)53-25-11-7-5-9-23-51-29-17-13-27(14-18-29)37(49)55-30-19-15-28(16-20-30)38(50)56-32-22-21-31(35(39(41,42)43)36(32)40(44,45)46)52-24-10-6-8-12-26-54-34(48)4-2/h3-4,13-22H,1-2,5-12,23-26H2. The molecule has 0 atom stereocenters. The van der Waals surface area contributed by atoms with Crippen molar-refractivity contribution in [3.63, 3.8) is 0 Å². The molecule has 0 aromatic heterocycles. The zero-order chi connectivity index (χ0) is 41.1. The average Bonchev–Trinajstić information content (AvgIpc) is 3.16. The normalized spacial score (nSPS) is 11.2. The van der Waals surface area contributed by atoms with Gasteiger partial charge in [0.25, 0.3) is 0 Å². The fraction of sp³-hybridized carbons (Fsp3) is 0.350. The summed E-state index contributed by atoms with van der Waals surface area (Å²) in [4.78, 5) is 47.5. The van der Waals surface area contributed by atoms with Crippen LogP contribution in [-0.4, -0.2) is 50.3 Å². The summed E-state index contributed by atoms with van der Waals surface area (Å²) >= 11 is 0. The SMILES string of the molecule is C=CC(=O)OCCCCCCOc1ccc(C(=O)Oc2ccc(C(=O)Oc3ccc(OCCCCCCOC(=O)C=C)c(C(F)(F)F)c3C(F)(F)F)cc2)cc1. The van der Waals surface area contributed by atoms with Gasteiger partial charge in [0.05, 0.1) is 37.6 Å². The molecule has 302 valence electrons. The number of ether oxygens (including phenoxy) is 6. The van der Waals surface area contributed by atoms with Crippen molar-refractivity contribution in [2.75, 3.05) is 26.4 Å². The number of rotatable bonds is 22. The average molecular weight is 795 g/mol. The van der Waals surface area contributed by atoms with Crippen LogP contribution in [0.25, 0.3) is 0 Å². The Morgan fingerprint density at radius 3 is 1.34 bits per heavy atom. The Bertz CT molecular complexity index is 1790. The Labute approximate surface area is 319 Å². The van der Waals surface area contributed by atoms with E-state index >= 15 is 0 Å². The summed E-state index contributed by atoms with van der Waals surface area (Å²) in [6.45, 7) is 7.08. The van der Waals surface area contributed by atoms with E-state index in [1.165, 1.54) is 12.1 Å². The summed E-state index contributed by atoms with van der Waals surface area (Å²) in [7, 11) is 0. The second-order valence-electron chi connectivity index (χ2n) is 11.9. The molecule has 0 heterocycles. The van der Waals surface area contributed by atoms with E-state index in [2.05, 4.69) is 13.2 Å². The van der Waals surface area contributed by atoms with Gasteiger partial charge in [0.15, 0.2) is 0 Å². The molecular weight excluding hydrogens is 754 g/mol. The van der Waals surface area contributed by atoms with Gasteiger partial charge in [-0.05, 0) is 112 Å². The van der Waals surface area contributed by atoms with Crippen molar-refractivity contribution in [3.8, 4) is 23.0 Å². The number of unbranched alkanes of at least 4 members (excludes halogenated alkanes) is 6. The van der Waals surface area contributed by atoms with Crippen LogP contribution in [0.5, 0.6) is 23.0 Å². The first-order valence-corrected chi connectivity index (χ1v) is 17.4. The highest BCUT2D eigenvalue weighted by Crippen LogP contribution is 2.49. The van der Waals surface area contributed by atoms with Gasteiger partial charge in [-0.3, -0.25) is 0 Å². The Morgan fingerprint density at radius 2 is 0.875 bits per heavy atom. The van der Waals surface area contributed by atoms with Gasteiger partial charge in [0.1, 0.15) is 34.1 Å². The van der Waals surface area contributed by atoms with Crippen LogP contribution in [0.2, 0.25) is 0 Å². The minimum atomic E-state index is -5.60. The third-order valence-corrected chi connectivity index (χ3v) is 7.71. The van der Waals surface area contributed by atoms with Crippen molar-refractivity contribution in [2.24, 2.45) is 0 Å². The highest BCUT2D eigenvalue weighted by molar-refractivity contribution is 5.93. The van der Waals surface area contributed by atoms with Crippen LogP contribution in [0.3, 0.4) is 0 Å². The number of esters is 4. The van der Waals surface area contributed by atoms with Crippen LogP contribution < -0.4 is 18.9 Å². The summed E-state index contributed by atoms with van der Waals surface area (Å²) in [5, 5.41) is 0. The van der Waals surface area contributed by atoms with E-state index in [4.69, 9.17) is 28.4 Å². The lowest BCUT2D eigenvalue weighted by Gasteiger charge is -2.22. The van der Waals surface area contributed by atoms with Crippen LogP contribution >= 0.6 is 0 Å². The molecule has 0 spiro atoms. The van der Waals surface area contributed by atoms with Gasteiger partial charge in [0.2, 0.25) is 0 Å². The summed E-state index contributed by atoms with van der Waals surface area (Å²) in [6.07, 6.45) is -4.29. The van der Waals surface area contributed by atoms with Crippen molar-refractivity contribution in [2.45, 2.75) is 63.7 Å². The molecule has 10 nitrogen and oxygen atoms in total. The monoisotopic (exact) mass is 794 g/mol. The van der Waals surface area contributed by atoms with Crippen molar-refractivity contribution < 1.29 is 73.9 Å². The number of halogens is 6. The lowest BCUT2D eigenvalue weighted by Crippen LogP contribution is -2.21. The van der Waals surface area contributed by atoms with Gasteiger partial charge in [-0.25, -0.2) is 19.2 Å². The van der Waals surface area contributed by atoms with Gasteiger partial charge in [-0.1, -0.05) is 13.2 Å². The first-order valence-electron chi connectivity index (χ1n) is 17.4. The topological polar surface area (TPSA) is 124 Å². The molecule has 0 aliphatic carbocycles. The van der Waals surface area contributed by atoms with Gasteiger partial charge in [-0.15, -0.1) is 0 Å². The molecule has 0 aliphatic rings. The Morgan fingerprint density at radius 1 is 0.482 bits per heavy atom. The van der Waals surface area contributed by atoms with Crippen LogP contribution in [0, 0.1) is 0 Å². The molecule has 3 aromatic carbocycles. The highest BCUT2D eigenvalue weighted by atomic mass is 19.4. The fourth-order valence-corrected chi connectivity index (χ4v) is 4.95. The first-order chi connectivity index (χ1) is 26.6. The third-order valence-electron chi connectivity index (χ3n) is 7.71. The number of hydrogen-bond acceptors (Lipinski definition) is 10. The van der Waals surface area contributed by atoms with E-state index in [0.29, 0.717) is 56.8 Å². The predicted octanol–water partition coefficient (Wildman–Crippen LogP) is 9.50. The maximum absolute atomic E-state index is 14.1. The minimum Gasteiger partial charge on any atom is -0.494 e. The fourth-order valence-electron chi connectivity index (χ4n) is 4.95. The lowest BCUT2D eigenvalue weighted by molar-refractivity contribution is -0.163. The molecular formula is C40H40F6O10. The molecule has 56 heavy (non-hydrogen) atoms. The lowest BCUT2D eigenvalue weighted by atomic mass is 10.0. The maximum Gasteiger partial charge on any atom is 0.420 e. The molecule has 3 rings (SSSR count). The zero-order valence-corrected chi connectivity index (χ0v) is 30.2. The Balaban J connectivity index is 1.56. The second-order valence-corrected chi connectivity index (χ2v) is 11.9. The maximum atomic E-state index is 14.1. The van der Waals surface area contributed by atoms with Crippen molar-refractivity contribution in [1.82, 2.24) is 0 Å². The molecule has 0 fully saturated rings. The van der Waals surface area contributed by atoms with Gasteiger partial charge in [0, 0.05) is 12.2 Å². The molecule has 0 saturated heterocycles. The summed E-state index contributed by atoms with van der Waals surface area (Å²) in [6, 6.07) is 11.7. The second kappa shape index (κ2) is 21.9. The molecule has 0 saturated carbocycles.